The number of ether oxygens (including phenoxy) is 1. The van der Waals surface area contributed by atoms with Gasteiger partial charge in [0.05, 0.1) is 0 Å². The third-order valence-electron chi connectivity index (χ3n) is 2.67. The summed E-state index contributed by atoms with van der Waals surface area (Å²) in [6, 6.07) is 3.08. The van der Waals surface area contributed by atoms with Crippen LogP contribution in [-0.2, 0) is 14.8 Å². The highest BCUT2D eigenvalue weighted by Gasteiger charge is 2.19. The summed E-state index contributed by atoms with van der Waals surface area (Å²) in [6.45, 7) is 0.943. The number of sulfonamides is 1. The maximum Gasteiger partial charge on any atom is 0.253 e. The summed E-state index contributed by atoms with van der Waals surface area (Å²) in [4.78, 5) is 12.8. The highest BCUT2D eigenvalue weighted by molar-refractivity contribution is 7.89. The Balaban J connectivity index is 2.94. The van der Waals surface area contributed by atoms with Gasteiger partial charge in [-0.1, -0.05) is 0 Å². The summed E-state index contributed by atoms with van der Waals surface area (Å²) >= 11 is 0. The van der Waals surface area contributed by atoms with Crippen molar-refractivity contribution in [2.24, 2.45) is 5.14 Å². The number of carbonyl (C=O) groups is 1. The number of nitrogens with zero attached hydrogens (tertiary/aromatic N) is 1. The van der Waals surface area contributed by atoms with E-state index in [1.807, 2.05) is 0 Å². The van der Waals surface area contributed by atoms with Gasteiger partial charge in [0, 0.05) is 32.9 Å². The Hall–Kier alpha value is -1.51. The predicted molar refractivity (Wildman–Crippen MR) is 71.2 cm³/mol. The topological polar surface area (TPSA) is 89.7 Å². The van der Waals surface area contributed by atoms with Gasteiger partial charge in [-0.25, -0.2) is 17.9 Å². The van der Waals surface area contributed by atoms with Crippen molar-refractivity contribution < 1.29 is 22.3 Å². The van der Waals surface area contributed by atoms with E-state index in [1.54, 1.807) is 14.2 Å². The maximum atomic E-state index is 13.4. The number of primary sulfonamides is 1. The van der Waals surface area contributed by atoms with Crippen LogP contribution in [0.1, 0.15) is 16.8 Å². The zero-order valence-electron chi connectivity index (χ0n) is 11.3. The van der Waals surface area contributed by atoms with Crippen molar-refractivity contribution in [3.05, 3.63) is 29.6 Å². The van der Waals surface area contributed by atoms with Crippen LogP contribution < -0.4 is 5.14 Å². The number of amides is 1. The van der Waals surface area contributed by atoms with E-state index < -0.39 is 26.6 Å². The van der Waals surface area contributed by atoms with Gasteiger partial charge in [-0.2, -0.15) is 0 Å². The van der Waals surface area contributed by atoms with Crippen molar-refractivity contribution in [1.82, 2.24) is 4.90 Å². The normalized spacial score (nSPS) is 11.4. The molecule has 2 N–H and O–H groups in total. The molecule has 0 saturated heterocycles. The molecule has 0 aliphatic heterocycles. The van der Waals surface area contributed by atoms with Gasteiger partial charge in [0.2, 0.25) is 10.0 Å². The number of rotatable bonds is 6. The number of methoxy groups -OCH3 is 1. The second-order valence-corrected chi connectivity index (χ2v) is 5.79. The average molecular weight is 304 g/mol. The zero-order chi connectivity index (χ0) is 15.3. The van der Waals surface area contributed by atoms with E-state index in [0.717, 1.165) is 12.1 Å². The molecule has 0 spiro atoms. The molecule has 20 heavy (non-hydrogen) atoms. The van der Waals surface area contributed by atoms with Crippen molar-refractivity contribution >= 4 is 15.9 Å². The van der Waals surface area contributed by atoms with E-state index >= 15 is 0 Å². The number of carbonyl (C=O) groups excluding carboxylic acids is 1. The van der Waals surface area contributed by atoms with E-state index in [1.165, 1.54) is 11.0 Å². The summed E-state index contributed by atoms with van der Waals surface area (Å²) in [5, 5.41) is 4.89. The molecule has 1 rings (SSSR count). The van der Waals surface area contributed by atoms with Crippen LogP contribution in [-0.4, -0.2) is 46.5 Å². The molecule has 0 heterocycles. The van der Waals surface area contributed by atoms with Gasteiger partial charge < -0.3 is 9.64 Å². The van der Waals surface area contributed by atoms with Crippen LogP contribution in [0.25, 0.3) is 0 Å². The molecule has 0 aliphatic carbocycles. The molecule has 0 atom stereocenters. The van der Waals surface area contributed by atoms with E-state index in [2.05, 4.69) is 0 Å². The van der Waals surface area contributed by atoms with Crippen molar-refractivity contribution in [3.8, 4) is 0 Å². The van der Waals surface area contributed by atoms with Gasteiger partial charge in [0.25, 0.3) is 5.91 Å². The van der Waals surface area contributed by atoms with E-state index in [4.69, 9.17) is 9.88 Å². The van der Waals surface area contributed by atoms with Crippen molar-refractivity contribution in [3.63, 3.8) is 0 Å². The fraction of sp³-hybridized carbons (Fsp3) is 0.417. The smallest absolute Gasteiger partial charge is 0.253 e. The number of hydrogen-bond acceptors (Lipinski definition) is 4. The van der Waals surface area contributed by atoms with Gasteiger partial charge >= 0.3 is 0 Å². The average Bonchev–Trinajstić information content (AvgIpc) is 2.37. The first-order chi connectivity index (χ1) is 9.27. The number of halogens is 1. The lowest BCUT2D eigenvalue weighted by Crippen LogP contribution is -2.28. The molecular formula is C12H17FN2O4S. The third kappa shape index (κ3) is 4.26. The Morgan fingerprint density at radius 3 is 2.65 bits per heavy atom. The zero-order valence-corrected chi connectivity index (χ0v) is 12.1. The monoisotopic (exact) mass is 304 g/mol. The predicted octanol–water partition coefficient (Wildman–Crippen LogP) is 0.582. The first-order valence-electron chi connectivity index (χ1n) is 5.84. The molecule has 0 fully saturated rings. The fourth-order valence-electron chi connectivity index (χ4n) is 1.62. The second kappa shape index (κ2) is 6.78. The lowest BCUT2D eigenvalue weighted by atomic mass is 10.2. The standard InChI is InChI=1S/C12H17FN2O4S/c1-15(6-3-7-19-2)12(16)9-4-5-10(13)11(8-9)20(14,17)18/h4-5,8H,3,6-7H2,1-2H3,(H2,14,17,18). The lowest BCUT2D eigenvalue weighted by Gasteiger charge is -2.17. The maximum absolute atomic E-state index is 13.4. The number of benzene rings is 1. The van der Waals surface area contributed by atoms with E-state index in [-0.39, 0.29) is 5.56 Å². The summed E-state index contributed by atoms with van der Waals surface area (Å²) in [5.74, 6) is -1.39. The van der Waals surface area contributed by atoms with Crippen molar-refractivity contribution in [2.75, 3.05) is 27.3 Å². The molecule has 0 radical (unpaired) electrons. The van der Waals surface area contributed by atoms with Gasteiger partial charge in [0.1, 0.15) is 10.7 Å². The summed E-state index contributed by atoms with van der Waals surface area (Å²) in [6.07, 6.45) is 0.641. The highest BCUT2D eigenvalue weighted by Crippen LogP contribution is 2.16. The molecule has 1 amide bonds. The van der Waals surface area contributed by atoms with Crippen molar-refractivity contribution in [1.29, 1.82) is 0 Å². The molecule has 6 nitrogen and oxygen atoms in total. The van der Waals surface area contributed by atoms with Gasteiger partial charge in [-0.3, -0.25) is 4.79 Å². The molecule has 0 aliphatic rings. The Labute approximate surface area is 117 Å². The van der Waals surface area contributed by atoms with Crippen LogP contribution in [0.5, 0.6) is 0 Å². The van der Waals surface area contributed by atoms with Crippen LogP contribution in [0, 0.1) is 5.82 Å². The molecule has 1 aromatic carbocycles. The van der Waals surface area contributed by atoms with Crippen LogP contribution in [0.15, 0.2) is 23.1 Å². The summed E-state index contributed by atoms with van der Waals surface area (Å²) in [5.41, 5.74) is 0.0651. The van der Waals surface area contributed by atoms with E-state index in [9.17, 15) is 17.6 Å². The van der Waals surface area contributed by atoms with Crippen LogP contribution in [0.3, 0.4) is 0 Å². The molecule has 8 heteroatoms. The Morgan fingerprint density at radius 2 is 2.10 bits per heavy atom. The lowest BCUT2D eigenvalue weighted by molar-refractivity contribution is 0.0779. The third-order valence-corrected chi connectivity index (χ3v) is 3.60. The molecule has 0 saturated carbocycles. The second-order valence-electron chi connectivity index (χ2n) is 4.26. The first kappa shape index (κ1) is 16.5. The minimum Gasteiger partial charge on any atom is -0.385 e. The molecule has 112 valence electrons. The Morgan fingerprint density at radius 1 is 1.45 bits per heavy atom. The van der Waals surface area contributed by atoms with Gasteiger partial charge in [-0.05, 0) is 24.6 Å². The molecule has 1 aromatic rings. The number of hydrogen-bond donors (Lipinski definition) is 1. The Bertz CT molecular complexity index is 589. The SMILES string of the molecule is COCCCN(C)C(=O)c1ccc(F)c(S(N)(=O)=O)c1. The quantitative estimate of drug-likeness (QED) is 0.779. The molecule has 0 aromatic heterocycles. The highest BCUT2D eigenvalue weighted by atomic mass is 32.2. The largest absolute Gasteiger partial charge is 0.385 e. The first-order valence-corrected chi connectivity index (χ1v) is 7.38. The molecular weight excluding hydrogens is 287 g/mol. The van der Waals surface area contributed by atoms with E-state index in [0.29, 0.717) is 19.6 Å². The van der Waals surface area contributed by atoms with Crippen LogP contribution in [0.4, 0.5) is 4.39 Å². The minimum absolute atomic E-state index is 0.0651. The Kier molecular flexibility index (Phi) is 5.61. The van der Waals surface area contributed by atoms with Gasteiger partial charge in [-0.15, -0.1) is 0 Å². The fourth-order valence-corrected chi connectivity index (χ4v) is 2.25. The minimum atomic E-state index is -4.20. The van der Waals surface area contributed by atoms with Crippen LogP contribution in [0.2, 0.25) is 0 Å². The summed E-state index contributed by atoms with van der Waals surface area (Å²) in [7, 11) is -1.08. The van der Waals surface area contributed by atoms with Gasteiger partial charge in [0.15, 0.2) is 0 Å². The molecule has 0 bridgehead atoms. The molecule has 0 unspecified atom stereocenters. The number of nitrogens with two attached hydrogens (primary N) is 1. The summed E-state index contributed by atoms with van der Waals surface area (Å²) < 4.78 is 40.7. The van der Waals surface area contributed by atoms with Crippen molar-refractivity contribution in [2.45, 2.75) is 11.3 Å². The van der Waals surface area contributed by atoms with Crippen LogP contribution >= 0.6 is 0 Å².